The fourth-order valence-corrected chi connectivity index (χ4v) is 4.82. The van der Waals surface area contributed by atoms with Crippen molar-refractivity contribution in [3.8, 4) is 0 Å². The van der Waals surface area contributed by atoms with E-state index < -0.39 is 0 Å². The fraction of sp³-hybridized carbons (Fsp3) is 0.409. The molecule has 0 aromatic carbocycles. The van der Waals surface area contributed by atoms with Crippen LogP contribution in [-0.4, -0.2) is 38.7 Å². The van der Waals surface area contributed by atoms with Crippen LogP contribution in [0.15, 0.2) is 42.9 Å². The molecule has 1 fully saturated rings. The summed E-state index contributed by atoms with van der Waals surface area (Å²) in [5.41, 5.74) is 1.83. The Labute approximate surface area is 174 Å². The summed E-state index contributed by atoms with van der Waals surface area (Å²) in [6.07, 6.45) is 8.72. The van der Waals surface area contributed by atoms with Crippen molar-refractivity contribution in [1.29, 1.82) is 0 Å². The molecule has 1 unspecified atom stereocenters. The third kappa shape index (κ3) is 4.34. The predicted molar refractivity (Wildman–Crippen MR) is 114 cm³/mol. The number of hydrogen-bond acceptors (Lipinski definition) is 4. The highest BCUT2D eigenvalue weighted by Gasteiger charge is 2.30. The van der Waals surface area contributed by atoms with Crippen molar-refractivity contribution in [1.82, 2.24) is 19.6 Å². The van der Waals surface area contributed by atoms with E-state index in [0.717, 1.165) is 37.0 Å². The van der Waals surface area contributed by atoms with Crippen molar-refractivity contribution in [3.05, 3.63) is 58.2 Å². The largest absolute Gasteiger partial charge is 0.347 e. The van der Waals surface area contributed by atoms with Crippen molar-refractivity contribution in [3.63, 3.8) is 0 Å². The molecule has 1 N–H and O–H groups in total. The van der Waals surface area contributed by atoms with Crippen LogP contribution in [0.4, 0.5) is 0 Å². The molecule has 0 radical (unpaired) electrons. The first-order valence-electron chi connectivity index (χ1n) is 10.1. The van der Waals surface area contributed by atoms with E-state index in [2.05, 4.69) is 24.1 Å². The molecule has 4 rings (SSSR count). The van der Waals surface area contributed by atoms with Crippen molar-refractivity contribution in [2.75, 3.05) is 6.54 Å². The van der Waals surface area contributed by atoms with Gasteiger partial charge in [-0.2, -0.15) is 0 Å². The van der Waals surface area contributed by atoms with E-state index in [4.69, 9.17) is 0 Å². The molecule has 1 aliphatic heterocycles. The normalized spacial score (nSPS) is 16.7. The molecule has 1 aliphatic rings. The highest BCUT2D eigenvalue weighted by atomic mass is 32.1. The van der Waals surface area contributed by atoms with Crippen LogP contribution in [0.1, 0.15) is 58.0 Å². The van der Waals surface area contributed by atoms with Crippen molar-refractivity contribution >= 4 is 28.8 Å². The van der Waals surface area contributed by atoms with Gasteiger partial charge in [0.25, 0.3) is 11.8 Å². The lowest BCUT2D eigenvalue weighted by molar-refractivity contribution is 0.0726. The third-order valence-corrected chi connectivity index (χ3v) is 6.41. The molecule has 0 aliphatic carbocycles. The third-order valence-electron chi connectivity index (χ3n) is 5.34. The Balaban J connectivity index is 1.38. The van der Waals surface area contributed by atoms with Crippen molar-refractivity contribution in [2.24, 2.45) is 5.92 Å². The number of carbonyl (C=O) groups excluding carboxylic acids is 2. The molecular weight excluding hydrogens is 384 g/mol. The lowest BCUT2D eigenvalue weighted by atomic mass is 10.0. The van der Waals surface area contributed by atoms with Gasteiger partial charge in [-0.3, -0.25) is 9.59 Å². The first-order chi connectivity index (χ1) is 14.0. The summed E-state index contributed by atoms with van der Waals surface area (Å²) in [4.78, 5) is 33.0. The number of hydrogen-bond donors (Lipinski definition) is 1. The highest BCUT2D eigenvalue weighted by molar-refractivity contribution is 7.15. The monoisotopic (exact) mass is 410 g/mol. The smallest absolute Gasteiger partial charge is 0.264 e. The highest BCUT2D eigenvalue weighted by Crippen LogP contribution is 2.27. The van der Waals surface area contributed by atoms with Gasteiger partial charge in [-0.25, -0.2) is 4.98 Å². The van der Waals surface area contributed by atoms with Crippen molar-refractivity contribution < 1.29 is 9.59 Å². The van der Waals surface area contributed by atoms with E-state index >= 15 is 0 Å². The minimum atomic E-state index is -0.155. The minimum Gasteiger partial charge on any atom is -0.347 e. The Kier molecular flexibility index (Phi) is 5.67. The van der Waals surface area contributed by atoms with Gasteiger partial charge >= 0.3 is 0 Å². The fourth-order valence-electron chi connectivity index (χ4n) is 3.94. The van der Waals surface area contributed by atoms with Gasteiger partial charge in [0.1, 0.15) is 5.65 Å². The molecule has 0 spiro atoms. The van der Waals surface area contributed by atoms with Gasteiger partial charge in [0.15, 0.2) is 0 Å². The molecule has 0 saturated carbocycles. The Bertz CT molecular complexity index is 1020. The van der Waals surface area contributed by atoms with Gasteiger partial charge in [0.2, 0.25) is 0 Å². The van der Waals surface area contributed by atoms with Gasteiger partial charge in [0, 0.05) is 37.7 Å². The predicted octanol–water partition coefficient (Wildman–Crippen LogP) is 3.98. The van der Waals surface area contributed by atoms with Crippen LogP contribution in [0.3, 0.4) is 0 Å². The Morgan fingerprint density at radius 3 is 2.90 bits per heavy atom. The molecule has 1 atom stereocenters. The molecule has 152 valence electrons. The Morgan fingerprint density at radius 1 is 1.24 bits per heavy atom. The second-order valence-electron chi connectivity index (χ2n) is 8.00. The number of rotatable bonds is 6. The van der Waals surface area contributed by atoms with E-state index in [9.17, 15) is 9.59 Å². The molecule has 4 heterocycles. The van der Waals surface area contributed by atoms with Gasteiger partial charge in [-0.15, -0.1) is 11.3 Å². The van der Waals surface area contributed by atoms with Gasteiger partial charge in [-0.1, -0.05) is 13.8 Å². The number of fused-ring (bicyclic) bond motifs is 1. The lowest BCUT2D eigenvalue weighted by Crippen LogP contribution is -2.35. The summed E-state index contributed by atoms with van der Waals surface area (Å²) in [5, 5.41) is 2.94. The molecule has 7 heteroatoms. The SMILES string of the molecule is CC(C)CC1CCCN1C(=O)c1ccc(C(=O)NCc2ccn3ccnc3c2)s1. The van der Waals surface area contributed by atoms with Gasteiger partial charge in [-0.05, 0) is 55.0 Å². The van der Waals surface area contributed by atoms with E-state index in [-0.39, 0.29) is 11.8 Å². The number of nitrogens with zero attached hydrogens (tertiary/aromatic N) is 3. The standard InChI is InChI=1S/C22H26N4O2S/c1-15(2)12-17-4-3-9-26(17)22(28)19-6-5-18(29-19)21(27)24-14-16-7-10-25-11-8-23-20(25)13-16/h5-8,10-11,13,15,17H,3-4,9,12,14H2,1-2H3,(H,24,27). The number of aromatic nitrogens is 2. The van der Waals surface area contributed by atoms with Gasteiger partial charge < -0.3 is 14.6 Å². The lowest BCUT2D eigenvalue weighted by Gasteiger charge is -2.25. The maximum Gasteiger partial charge on any atom is 0.264 e. The average molecular weight is 411 g/mol. The van der Waals surface area contributed by atoms with Crippen LogP contribution < -0.4 is 5.32 Å². The topological polar surface area (TPSA) is 66.7 Å². The molecule has 2 amide bonds. The zero-order valence-corrected chi connectivity index (χ0v) is 17.6. The minimum absolute atomic E-state index is 0.0574. The van der Waals surface area contributed by atoms with Gasteiger partial charge in [0.05, 0.1) is 9.75 Å². The molecule has 29 heavy (non-hydrogen) atoms. The number of carbonyl (C=O) groups is 2. The molecule has 6 nitrogen and oxygen atoms in total. The zero-order valence-electron chi connectivity index (χ0n) is 16.8. The van der Waals surface area contributed by atoms with Crippen LogP contribution in [-0.2, 0) is 6.54 Å². The molecule has 3 aromatic heterocycles. The Hall–Kier alpha value is -2.67. The van der Waals surface area contributed by atoms with E-state index in [1.54, 1.807) is 18.3 Å². The van der Waals surface area contributed by atoms with Crippen LogP contribution in [0.2, 0.25) is 0 Å². The zero-order chi connectivity index (χ0) is 20.4. The molecular formula is C22H26N4O2S. The van der Waals surface area contributed by atoms with Crippen LogP contribution in [0.25, 0.3) is 5.65 Å². The molecule has 3 aromatic rings. The van der Waals surface area contributed by atoms with E-state index in [0.29, 0.717) is 28.3 Å². The summed E-state index contributed by atoms with van der Waals surface area (Å²) in [5.74, 6) is 0.471. The number of amides is 2. The number of likely N-dealkylation sites (tertiary alicyclic amines) is 1. The quantitative estimate of drug-likeness (QED) is 0.668. The first kappa shape index (κ1) is 19.6. The summed E-state index contributed by atoms with van der Waals surface area (Å²) in [6.45, 7) is 5.62. The van der Waals surface area contributed by atoms with E-state index in [1.807, 2.05) is 33.8 Å². The number of imidazole rings is 1. The number of nitrogens with one attached hydrogen (secondary N) is 1. The van der Waals surface area contributed by atoms with E-state index in [1.165, 1.54) is 11.3 Å². The summed E-state index contributed by atoms with van der Waals surface area (Å²) in [7, 11) is 0. The van der Waals surface area contributed by atoms with Crippen LogP contribution >= 0.6 is 11.3 Å². The summed E-state index contributed by atoms with van der Waals surface area (Å²) in [6, 6.07) is 7.76. The number of thiophene rings is 1. The Morgan fingerprint density at radius 2 is 2.07 bits per heavy atom. The number of pyridine rings is 1. The maximum absolute atomic E-state index is 12.9. The summed E-state index contributed by atoms with van der Waals surface area (Å²) < 4.78 is 1.92. The average Bonchev–Trinajstić information content (AvgIpc) is 3.44. The summed E-state index contributed by atoms with van der Waals surface area (Å²) >= 11 is 1.28. The second-order valence-corrected chi connectivity index (χ2v) is 9.08. The van der Waals surface area contributed by atoms with Crippen molar-refractivity contribution in [2.45, 2.75) is 45.7 Å². The van der Waals surface area contributed by atoms with Crippen LogP contribution in [0.5, 0.6) is 0 Å². The molecule has 1 saturated heterocycles. The second kappa shape index (κ2) is 8.37. The van der Waals surface area contributed by atoms with Crippen LogP contribution in [0, 0.1) is 5.92 Å². The first-order valence-corrected chi connectivity index (χ1v) is 10.9. The maximum atomic E-state index is 12.9. The molecule has 0 bridgehead atoms.